The van der Waals surface area contributed by atoms with E-state index in [9.17, 15) is 18.3 Å². The van der Waals surface area contributed by atoms with Gasteiger partial charge in [-0.2, -0.15) is 4.31 Å². The second-order valence-electron chi connectivity index (χ2n) is 11.9. The number of fused-ring (bicyclic) bond motifs is 3. The Hall–Kier alpha value is -2.70. The monoisotopic (exact) mass is 602 g/mol. The van der Waals surface area contributed by atoms with Crippen molar-refractivity contribution in [2.45, 2.75) is 68.5 Å². The van der Waals surface area contributed by atoms with Crippen LogP contribution in [0.15, 0.2) is 59.5 Å². The van der Waals surface area contributed by atoms with Crippen molar-refractivity contribution in [3.05, 3.63) is 60.2 Å². The molecule has 1 aliphatic carbocycles. The van der Waals surface area contributed by atoms with Crippen LogP contribution in [0.2, 0.25) is 0 Å². The van der Waals surface area contributed by atoms with Gasteiger partial charge >= 0.3 is 6.09 Å². The Labute approximate surface area is 248 Å². The van der Waals surface area contributed by atoms with Crippen LogP contribution >= 0.6 is 0 Å². The number of aliphatic hydroxyl groups excluding tert-OH is 1. The van der Waals surface area contributed by atoms with Gasteiger partial charge in [0.25, 0.3) is 0 Å². The van der Waals surface area contributed by atoms with Crippen molar-refractivity contribution in [1.29, 1.82) is 0 Å². The van der Waals surface area contributed by atoms with Crippen LogP contribution in [0.1, 0.15) is 32.3 Å². The van der Waals surface area contributed by atoms with Crippen molar-refractivity contribution in [2.24, 2.45) is 17.8 Å². The Kier molecular flexibility index (Phi) is 9.74. The van der Waals surface area contributed by atoms with Gasteiger partial charge in [-0.1, -0.05) is 44.2 Å². The lowest BCUT2D eigenvalue weighted by molar-refractivity contribution is 0.0280. The molecular formula is C31H42N2O8S. The number of hydrogen-bond donors (Lipinski definition) is 2. The molecule has 2 aromatic rings. The van der Waals surface area contributed by atoms with Gasteiger partial charge in [0.1, 0.15) is 11.9 Å². The largest absolute Gasteiger partial charge is 0.497 e. The lowest BCUT2D eigenvalue weighted by Gasteiger charge is -2.31. The van der Waals surface area contributed by atoms with Gasteiger partial charge in [0, 0.05) is 32.0 Å². The van der Waals surface area contributed by atoms with Gasteiger partial charge in [0.15, 0.2) is 0 Å². The molecule has 0 bridgehead atoms. The van der Waals surface area contributed by atoms with E-state index in [0.717, 1.165) is 25.0 Å². The third-order valence-corrected chi connectivity index (χ3v) is 10.4. The number of rotatable bonds is 12. The average molecular weight is 603 g/mol. The van der Waals surface area contributed by atoms with Crippen LogP contribution in [0.3, 0.4) is 0 Å². The van der Waals surface area contributed by atoms with E-state index in [0.29, 0.717) is 24.7 Å². The Morgan fingerprint density at radius 1 is 1.07 bits per heavy atom. The summed E-state index contributed by atoms with van der Waals surface area (Å²) in [6.07, 6.45) is -0.0365. The number of ether oxygens (including phenoxy) is 4. The number of methoxy groups -OCH3 is 1. The molecule has 5 rings (SSSR count). The zero-order chi connectivity index (χ0) is 29.9. The summed E-state index contributed by atoms with van der Waals surface area (Å²) in [5.41, 5.74) is 0.890. The van der Waals surface area contributed by atoms with Gasteiger partial charge in [-0.25, -0.2) is 13.2 Å². The Morgan fingerprint density at radius 3 is 2.50 bits per heavy atom. The lowest BCUT2D eigenvalue weighted by atomic mass is 9.89. The minimum Gasteiger partial charge on any atom is -0.497 e. The predicted octanol–water partition coefficient (Wildman–Crippen LogP) is 3.23. The van der Waals surface area contributed by atoms with Crippen LogP contribution in [0, 0.1) is 17.8 Å². The fourth-order valence-corrected chi connectivity index (χ4v) is 8.15. The van der Waals surface area contributed by atoms with Crippen molar-refractivity contribution in [2.75, 3.05) is 33.4 Å². The molecule has 3 fully saturated rings. The molecule has 42 heavy (non-hydrogen) atoms. The highest BCUT2D eigenvalue weighted by atomic mass is 32.2. The summed E-state index contributed by atoms with van der Waals surface area (Å²) in [4.78, 5) is 13.4. The summed E-state index contributed by atoms with van der Waals surface area (Å²) in [6.45, 7) is 4.87. The highest BCUT2D eigenvalue weighted by Gasteiger charge is 2.55. The predicted molar refractivity (Wildman–Crippen MR) is 156 cm³/mol. The van der Waals surface area contributed by atoms with E-state index in [1.807, 2.05) is 44.2 Å². The van der Waals surface area contributed by atoms with Crippen LogP contribution in [0.4, 0.5) is 4.79 Å². The minimum atomic E-state index is -3.94. The third-order valence-electron chi connectivity index (χ3n) is 8.53. The molecule has 2 aliphatic heterocycles. The number of amides is 1. The number of aliphatic hydroxyl groups is 1. The number of carbonyl (C=O) groups excluding carboxylic acids is 1. The van der Waals surface area contributed by atoms with E-state index in [1.165, 1.54) is 23.5 Å². The number of nitrogens with zero attached hydrogens (tertiary/aromatic N) is 1. The van der Waals surface area contributed by atoms with Gasteiger partial charge in [-0.3, -0.25) is 0 Å². The molecule has 2 heterocycles. The van der Waals surface area contributed by atoms with Gasteiger partial charge in [0.05, 0.1) is 43.0 Å². The maximum Gasteiger partial charge on any atom is 0.407 e. The molecule has 3 aliphatic rings. The molecule has 10 nitrogen and oxygen atoms in total. The number of alkyl carbamates (subject to hydrolysis) is 1. The molecule has 2 aromatic carbocycles. The molecule has 1 amide bonds. The first-order valence-corrected chi connectivity index (χ1v) is 16.2. The quantitative estimate of drug-likeness (QED) is 0.380. The number of benzene rings is 2. The first kappa shape index (κ1) is 30.7. The van der Waals surface area contributed by atoms with E-state index < -0.39 is 34.4 Å². The molecule has 0 spiro atoms. The lowest BCUT2D eigenvalue weighted by Crippen LogP contribution is -2.52. The summed E-state index contributed by atoms with van der Waals surface area (Å²) in [5, 5.41) is 14.4. The summed E-state index contributed by atoms with van der Waals surface area (Å²) in [7, 11) is -2.43. The Morgan fingerprint density at radius 2 is 1.81 bits per heavy atom. The van der Waals surface area contributed by atoms with Crippen LogP contribution in [-0.2, 0) is 30.7 Å². The normalized spacial score (nSPS) is 26.6. The summed E-state index contributed by atoms with van der Waals surface area (Å²) in [6, 6.07) is 14.8. The highest BCUT2D eigenvalue weighted by Crippen LogP contribution is 2.47. The molecule has 0 unspecified atom stereocenters. The Balaban J connectivity index is 1.31. The van der Waals surface area contributed by atoms with E-state index in [4.69, 9.17) is 18.9 Å². The van der Waals surface area contributed by atoms with Crippen molar-refractivity contribution >= 4 is 16.1 Å². The smallest absolute Gasteiger partial charge is 0.407 e. The average Bonchev–Trinajstić information content (AvgIpc) is 3.66. The molecule has 0 radical (unpaired) electrons. The third kappa shape index (κ3) is 6.92. The molecule has 7 atom stereocenters. The van der Waals surface area contributed by atoms with Crippen LogP contribution in [0.25, 0.3) is 0 Å². The van der Waals surface area contributed by atoms with Gasteiger partial charge in [0.2, 0.25) is 10.0 Å². The molecule has 0 aromatic heterocycles. The van der Waals surface area contributed by atoms with Gasteiger partial charge in [-0.05, 0) is 54.5 Å². The highest BCUT2D eigenvalue weighted by molar-refractivity contribution is 7.89. The van der Waals surface area contributed by atoms with Crippen LogP contribution < -0.4 is 10.1 Å². The molecular weight excluding hydrogens is 560 g/mol. The second kappa shape index (κ2) is 13.3. The molecule has 2 N–H and O–H groups in total. The van der Waals surface area contributed by atoms with E-state index in [-0.39, 0.29) is 42.0 Å². The second-order valence-corrected chi connectivity index (χ2v) is 13.8. The molecule has 1 saturated carbocycles. The van der Waals surface area contributed by atoms with Crippen molar-refractivity contribution in [3.63, 3.8) is 0 Å². The zero-order valence-electron chi connectivity index (χ0n) is 24.4. The fourth-order valence-electron chi connectivity index (χ4n) is 6.53. The molecule has 11 heteroatoms. The van der Waals surface area contributed by atoms with Gasteiger partial charge in [-0.15, -0.1) is 0 Å². The molecule has 2 saturated heterocycles. The van der Waals surface area contributed by atoms with Crippen LogP contribution in [-0.4, -0.2) is 87.8 Å². The van der Waals surface area contributed by atoms with Crippen molar-refractivity contribution in [1.82, 2.24) is 9.62 Å². The van der Waals surface area contributed by atoms with Crippen molar-refractivity contribution in [3.8, 4) is 5.75 Å². The summed E-state index contributed by atoms with van der Waals surface area (Å²) < 4.78 is 51.5. The van der Waals surface area contributed by atoms with Gasteiger partial charge < -0.3 is 29.4 Å². The van der Waals surface area contributed by atoms with E-state index >= 15 is 0 Å². The number of hydrogen-bond acceptors (Lipinski definition) is 8. The standard InChI is InChI=1S/C31H42N2O8S/c1-20(2)17-33(42(36,37)23-11-9-22(38-3)10-12-23)18-26(34)25(15-21-7-5-4-6-8-21)32-31(35)41-29-19-40-28-16-27-24(30(28)29)13-14-39-27/h4-12,20,24-30,34H,13-19H2,1-3H3,(H,32,35)/t24-,25+,26-,27-,28+,29+,30-/m1/s1. The van der Waals surface area contributed by atoms with E-state index in [2.05, 4.69) is 5.32 Å². The summed E-state index contributed by atoms with van der Waals surface area (Å²) >= 11 is 0. The first-order chi connectivity index (χ1) is 20.2. The van der Waals surface area contributed by atoms with Crippen molar-refractivity contribution < 1.29 is 37.3 Å². The number of sulfonamides is 1. The number of carbonyl (C=O) groups is 1. The fraction of sp³-hybridized carbons (Fsp3) is 0.581. The maximum absolute atomic E-state index is 13.7. The molecule has 230 valence electrons. The number of nitrogens with one attached hydrogen (secondary N) is 1. The van der Waals surface area contributed by atoms with E-state index in [1.54, 1.807) is 12.1 Å². The SMILES string of the molecule is COc1ccc(S(=O)(=O)N(CC(C)C)C[C@@H](O)[C@H](Cc2ccccc2)NC(=O)O[C@H]2CO[C@H]3C[C@H]4OCC[C@H]4[C@H]32)cc1. The summed E-state index contributed by atoms with van der Waals surface area (Å²) in [5.74, 6) is 0.953. The topological polar surface area (TPSA) is 124 Å². The zero-order valence-corrected chi connectivity index (χ0v) is 25.2. The van der Waals surface area contributed by atoms with Crippen LogP contribution in [0.5, 0.6) is 5.75 Å². The maximum atomic E-state index is 13.7. The Bertz CT molecular complexity index is 1290. The minimum absolute atomic E-state index is 0.000776. The first-order valence-electron chi connectivity index (χ1n) is 14.7.